The molecule has 1 heterocycles. The summed E-state index contributed by atoms with van der Waals surface area (Å²) in [5.74, 6) is 1.53. The lowest BCUT2D eigenvalue weighted by Crippen LogP contribution is -2.61. The van der Waals surface area contributed by atoms with Gasteiger partial charge in [-0.2, -0.15) is 0 Å². The van der Waals surface area contributed by atoms with Gasteiger partial charge >= 0.3 is 0 Å². The standard InChI is InChI=1S/C12H22N2O/c1-8(2)6-10-12(15)14-11(7-13-10)9-4-3-5-9/h8-11,13H,3-7H2,1-2H3,(H,14,15)/t10-,11+/m0/s1. The smallest absolute Gasteiger partial charge is 0.237 e. The van der Waals surface area contributed by atoms with E-state index < -0.39 is 0 Å². The summed E-state index contributed by atoms with van der Waals surface area (Å²) >= 11 is 0. The molecular formula is C12H22N2O. The highest BCUT2D eigenvalue weighted by Gasteiger charge is 2.34. The van der Waals surface area contributed by atoms with Crippen molar-refractivity contribution in [3.8, 4) is 0 Å². The highest BCUT2D eigenvalue weighted by Crippen LogP contribution is 2.30. The summed E-state index contributed by atoms with van der Waals surface area (Å²) in [6.45, 7) is 5.29. The molecule has 1 aliphatic carbocycles. The van der Waals surface area contributed by atoms with Crippen molar-refractivity contribution in [2.45, 2.75) is 51.6 Å². The van der Waals surface area contributed by atoms with Crippen LogP contribution in [0.4, 0.5) is 0 Å². The van der Waals surface area contributed by atoms with Crippen LogP contribution in [0.5, 0.6) is 0 Å². The van der Waals surface area contributed by atoms with Gasteiger partial charge < -0.3 is 10.6 Å². The minimum atomic E-state index is 0.0429. The molecule has 1 aliphatic heterocycles. The van der Waals surface area contributed by atoms with Crippen LogP contribution in [0.1, 0.15) is 39.5 Å². The van der Waals surface area contributed by atoms with Crippen molar-refractivity contribution in [1.29, 1.82) is 0 Å². The van der Waals surface area contributed by atoms with E-state index in [2.05, 4.69) is 24.5 Å². The molecule has 0 aromatic heterocycles. The number of hydrogen-bond donors (Lipinski definition) is 2. The second-order valence-electron chi connectivity index (χ2n) is 5.40. The molecule has 1 saturated heterocycles. The normalized spacial score (nSPS) is 32.6. The molecule has 0 aromatic carbocycles. The minimum Gasteiger partial charge on any atom is -0.350 e. The van der Waals surface area contributed by atoms with E-state index in [0.29, 0.717) is 12.0 Å². The predicted octanol–water partition coefficient (Wildman–Crippen LogP) is 1.29. The fourth-order valence-corrected chi connectivity index (χ4v) is 2.48. The third-order valence-corrected chi connectivity index (χ3v) is 3.65. The molecule has 2 rings (SSSR count). The SMILES string of the molecule is CC(C)C[C@@H]1NC[C@H](C2CCC2)NC1=O. The number of carbonyl (C=O) groups excluding carboxylic acids is 1. The molecule has 86 valence electrons. The van der Waals surface area contributed by atoms with Crippen molar-refractivity contribution < 1.29 is 4.79 Å². The van der Waals surface area contributed by atoms with E-state index in [1.54, 1.807) is 0 Å². The molecule has 1 saturated carbocycles. The molecule has 0 radical (unpaired) electrons. The van der Waals surface area contributed by atoms with Crippen molar-refractivity contribution in [3.05, 3.63) is 0 Å². The molecule has 2 N–H and O–H groups in total. The zero-order valence-electron chi connectivity index (χ0n) is 9.75. The Morgan fingerprint density at radius 3 is 2.60 bits per heavy atom. The van der Waals surface area contributed by atoms with Gasteiger partial charge in [0.2, 0.25) is 5.91 Å². The second kappa shape index (κ2) is 4.52. The molecule has 2 atom stereocenters. The Kier molecular flexibility index (Phi) is 3.29. The Balaban J connectivity index is 1.82. The van der Waals surface area contributed by atoms with Crippen LogP contribution in [0.15, 0.2) is 0 Å². The van der Waals surface area contributed by atoms with Crippen LogP contribution in [0, 0.1) is 11.8 Å². The first-order valence-corrected chi connectivity index (χ1v) is 6.20. The lowest BCUT2D eigenvalue weighted by molar-refractivity contribution is -0.126. The minimum absolute atomic E-state index is 0.0429. The molecule has 2 fully saturated rings. The van der Waals surface area contributed by atoms with Crippen LogP contribution in [0.25, 0.3) is 0 Å². The lowest BCUT2D eigenvalue weighted by atomic mass is 9.78. The molecule has 3 nitrogen and oxygen atoms in total. The van der Waals surface area contributed by atoms with E-state index in [-0.39, 0.29) is 11.9 Å². The molecule has 0 unspecified atom stereocenters. The van der Waals surface area contributed by atoms with Gasteiger partial charge in [-0.3, -0.25) is 4.79 Å². The largest absolute Gasteiger partial charge is 0.350 e. The Bertz CT molecular complexity index is 236. The molecule has 2 aliphatic rings. The summed E-state index contributed by atoms with van der Waals surface area (Å²) in [5.41, 5.74) is 0. The van der Waals surface area contributed by atoms with Gasteiger partial charge in [-0.25, -0.2) is 0 Å². The van der Waals surface area contributed by atoms with Gasteiger partial charge in [0.1, 0.15) is 0 Å². The van der Waals surface area contributed by atoms with Crippen molar-refractivity contribution >= 4 is 5.91 Å². The Hall–Kier alpha value is -0.570. The van der Waals surface area contributed by atoms with Gasteiger partial charge in [0, 0.05) is 12.6 Å². The highest BCUT2D eigenvalue weighted by atomic mass is 16.2. The summed E-state index contributed by atoms with van der Waals surface area (Å²) < 4.78 is 0. The van der Waals surface area contributed by atoms with E-state index in [1.807, 2.05) is 0 Å². The van der Waals surface area contributed by atoms with Crippen LogP contribution in [-0.2, 0) is 4.79 Å². The van der Waals surface area contributed by atoms with Crippen LogP contribution < -0.4 is 10.6 Å². The number of rotatable bonds is 3. The van der Waals surface area contributed by atoms with Crippen LogP contribution in [0.2, 0.25) is 0 Å². The number of amides is 1. The van der Waals surface area contributed by atoms with Crippen LogP contribution in [-0.4, -0.2) is 24.5 Å². The lowest BCUT2D eigenvalue weighted by Gasteiger charge is -2.39. The first-order chi connectivity index (χ1) is 7.16. The van der Waals surface area contributed by atoms with Gasteiger partial charge in [-0.15, -0.1) is 0 Å². The molecule has 15 heavy (non-hydrogen) atoms. The number of piperazine rings is 1. The second-order valence-corrected chi connectivity index (χ2v) is 5.40. The van der Waals surface area contributed by atoms with Gasteiger partial charge in [0.25, 0.3) is 0 Å². The molecule has 1 amide bonds. The van der Waals surface area contributed by atoms with E-state index in [1.165, 1.54) is 19.3 Å². The number of hydrogen-bond acceptors (Lipinski definition) is 2. The Labute approximate surface area is 92.0 Å². The van der Waals surface area contributed by atoms with Gasteiger partial charge in [-0.1, -0.05) is 20.3 Å². The van der Waals surface area contributed by atoms with E-state index in [4.69, 9.17) is 0 Å². The zero-order valence-corrected chi connectivity index (χ0v) is 9.75. The fourth-order valence-electron chi connectivity index (χ4n) is 2.48. The first kappa shape index (κ1) is 10.9. The molecule has 0 aromatic rings. The average molecular weight is 210 g/mol. The Morgan fingerprint density at radius 1 is 1.40 bits per heavy atom. The summed E-state index contributed by atoms with van der Waals surface area (Å²) in [6, 6.07) is 0.441. The maximum absolute atomic E-state index is 11.8. The summed E-state index contributed by atoms with van der Waals surface area (Å²) in [4.78, 5) is 11.8. The number of carbonyl (C=O) groups is 1. The van der Waals surface area contributed by atoms with Gasteiger partial charge in [-0.05, 0) is 31.1 Å². The quantitative estimate of drug-likeness (QED) is 0.737. The topological polar surface area (TPSA) is 41.1 Å². The van der Waals surface area contributed by atoms with Crippen molar-refractivity contribution in [3.63, 3.8) is 0 Å². The molecule has 3 heteroatoms. The van der Waals surface area contributed by atoms with Gasteiger partial charge in [0.05, 0.1) is 6.04 Å². The fraction of sp³-hybridized carbons (Fsp3) is 0.917. The third kappa shape index (κ3) is 2.51. The predicted molar refractivity (Wildman–Crippen MR) is 60.5 cm³/mol. The molecule has 0 bridgehead atoms. The first-order valence-electron chi connectivity index (χ1n) is 6.20. The summed E-state index contributed by atoms with van der Waals surface area (Å²) in [6.07, 6.45) is 4.87. The maximum Gasteiger partial charge on any atom is 0.237 e. The summed E-state index contributed by atoms with van der Waals surface area (Å²) in [5, 5.41) is 6.56. The van der Waals surface area contributed by atoms with Crippen molar-refractivity contribution in [2.24, 2.45) is 11.8 Å². The van der Waals surface area contributed by atoms with Crippen molar-refractivity contribution in [1.82, 2.24) is 10.6 Å². The molecular weight excluding hydrogens is 188 g/mol. The zero-order chi connectivity index (χ0) is 10.8. The van der Waals surface area contributed by atoms with Gasteiger partial charge in [0.15, 0.2) is 0 Å². The monoisotopic (exact) mass is 210 g/mol. The average Bonchev–Trinajstić information content (AvgIpc) is 2.06. The van der Waals surface area contributed by atoms with E-state index in [0.717, 1.165) is 18.9 Å². The third-order valence-electron chi connectivity index (χ3n) is 3.65. The van der Waals surface area contributed by atoms with Crippen molar-refractivity contribution in [2.75, 3.05) is 6.54 Å². The maximum atomic E-state index is 11.8. The summed E-state index contributed by atoms with van der Waals surface area (Å²) in [7, 11) is 0. The Morgan fingerprint density at radius 2 is 2.13 bits per heavy atom. The van der Waals surface area contributed by atoms with E-state index in [9.17, 15) is 4.79 Å². The number of nitrogens with one attached hydrogen (secondary N) is 2. The molecule has 0 spiro atoms. The van der Waals surface area contributed by atoms with Crippen LogP contribution >= 0.6 is 0 Å². The van der Waals surface area contributed by atoms with E-state index >= 15 is 0 Å². The highest BCUT2D eigenvalue weighted by molar-refractivity contribution is 5.82. The van der Waals surface area contributed by atoms with Crippen LogP contribution in [0.3, 0.4) is 0 Å².